The minimum absolute atomic E-state index is 0. The summed E-state index contributed by atoms with van der Waals surface area (Å²) in [5, 5.41) is 2.91. The van der Waals surface area contributed by atoms with Crippen LogP contribution in [0.3, 0.4) is 0 Å². The Kier molecular flexibility index (Phi) is 5.42. The van der Waals surface area contributed by atoms with Gasteiger partial charge < -0.3 is 5.32 Å². The van der Waals surface area contributed by atoms with Crippen molar-refractivity contribution in [3.8, 4) is 0 Å². The third-order valence-corrected chi connectivity index (χ3v) is 6.34. The van der Waals surface area contributed by atoms with E-state index < -0.39 is 9.84 Å². The number of sulfone groups is 1. The molecule has 0 radical (unpaired) electrons. The zero-order chi connectivity index (χ0) is 13.3. The molecule has 19 heavy (non-hydrogen) atoms. The molecule has 1 aromatic carbocycles. The molecule has 1 aromatic rings. The lowest BCUT2D eigenvalue weighted by Gasteiger charge is -2.24. The molecule has 1 N–H and O–H groups in total. The number of hydrogen-bond donors (Lipinski definition) is 1. The quantitative estimate of drug-likeness (QED) is 0.913. The second-order valence-corrected chi connectivity index (χ2v) is 7.34. The van der Waals surface area contributed by atoms with Gasteiger partial charge in [0, 0.05) is 6.54 Å². The zero-order valence-corrected chi connectivity index (χ0v) is 13.3. The van der Waals surface area contributed by atoms with Crippen molar-refractivity contribution in [3.05, 3.63) is 28.8 Å². The summed E-state index contributed by atoms with van der Waals surface area (Å²) in [5.74, 6) is 0. The average molecular weight is 304 g/mol. The molecule has 0 saturated carbocycles. The number of benzene rings is 1. The van der Waals surface area contributed by atoms with Crippen LogP contribution in [0.2, 0.25) is 0 Å². The molecule has 1 fully saturated rings. The van der Waals surface area contributed by atoms with Gasteiger partial charge in [0.25, 0.3) is 0 Å². The molecular weight excluding hydrogens is 282 g/mol. The highest BCUT2D eigenvalue weighted by Gasteiger charge is 2.30. The number of halogens is 1. The second kappa shape index (κ2) is 6.25. The summed E-state index contributed by atoms with van der Waals surface area (Å²) in [6, 6.07) is 3.67. The van der Waals surface area contributed by atoms with Crippen LogP contribution in [0.15, 0.2) is 17.0 Å². The summed E-state index contributed by atoms with van der Waals surface area (Å²) < 4.78 is 25.3. The second-order valence-electron chi connectivity index (χ2n) is 5.14. The maximum Gasteiger partial charge on any atom is 0.182 e. The number of piperidine rings is 1. The van der Waals surface area contributed by atoms with E-state index in [0.717, 1.165) is 36.1 Å². The Hall–Kier alpha value is -0.580. The van der Waals surface area contributed by atoms with E-state index >= 15 is 0 Å². The largest absolute Gasteiger partial charge is 0.315 e. The Morgan fingerprint density at radius 1 is 1.16 bits per heavy atom. The minimum atomic E-state index is -3.19. The lowest BCUT2D eigenvalue weighted by molar-refractivity contribution is 0.496. The smallest absolute Gasteiger partial charge is 0.182 e. The fourth-order valence-corrected chi connectivity index (χ4v) is 4.51. The van der Waals surface area contributed by atoms with Gasteiger partial charge in [-0.25, -0.2) is 8.42 Å². The van der Waals surface area contributed by atoms with E-state index in [0.29, 0.717) is 11.4 Å². The van der Waals surface area contributed by atoms with Gasteiger partial charge in [0.15, 0.2) is 9.84 Å². The normalized spacial score (nSPS) is 19.8. The molecule has 1 aliphatic heterocycles. The van der Waals surface area contributed by atoms with E-state index in [4.69, 9.17) is 0 Å². The summed E-state index contributed by atoms with van der Waals surface area (Å²) in [6.07, 6.45) is 1.70. The first-order chi connectivity index (χ1) is 8.44. The van der Waals surface area contributed by atoms with Crippen molar-refractivity contribution in [1.82, 2.24) is 5.32 Å². The molecule has 1 heterocycles. The van der Waals surface area contributed by atoms with Crippen molar-refractivity contribution in [2.75, 3.05) is 13.1 Å². The van der Waals surface area contributed by atoms with Gasteiger partial charge in [-0.2, -0.15) is 0 Å². The molecule has 0 spiro atoms. The van der Waals surface area contributed by atoms with E-state index in [9.17, 15) is 8.42 Å². The Morgan fingerprint density at radius 3 is 2.42 bits per heavy atom. The van der Waals surface area contributed by atoms with Crippen LogP contribution in [-0.4, -0.2) is 26.8 Å². The summed E-state index contributed by atoms with van der Waals surface area (Å²) in [6.45, 7) is 7.42. The van der Waals surface area contributed by atoms with Gasteiger partial charge in [0.1, 0.15) is 0 Å². The predicted molar refractivity (Wildman–Crippen MR) is 81.0 cm³/mol. The van der Waals surface area contributed by atoms with Crippen molar-refractivity contribution in [2.24, 2.45) is 0 Å². The summed E-state index contributed by atoms with van der Waals surface area (Å²) in [7, 11) is -3.19. The van der Waals surface area contributed by atoms with Gasteiger partial charge in [0.05, 0.1) is 10.1 Å². The van der Waals surface area contributed by atoms with E-state index in [-0.39, 0.29) is 17.7 Å². The molecule has 108 valence electrons. The van der Waals surface area contributed by atoms with Crippen LogP contribution in [0, 0.1) is 20.8 Å². The highest BCUT2D eigenvalue weighted by atomic mass is 35.5. The molecule has 0 aliphatic carbocycles. The van der Waals surface area contributed by atoms with Crippen LogP contribution in [-0.2, 0) is 9.84 Å². The van der Waals surface area contributed by atoms with E-state index in [1.807, 2.05) is 26.8 Å². The Morgan fingerprint density at radius 2 is 1.84 bits per heavy atom. The topological polar surface area (TPSA) is 46.2 Å². The van der Waals surface area contributed by atoms with E-state index in [2.05, 4.69) is 5.32 Å². The average Bonchev–Trinajstić information content (AvgIpc) is 2.37. The Balaban J connectivity index is 0.00000180. The summed E-state index contributed by atoms with van der Waals surface area (Å²) >= 11 is 0. The van der Waals surface area contributed by atoms with Crippen LogP contribution < -0.4 is 5.32 Å². The molecule has 0 amide bonds. The van der Waals surface area contributed by atoms with Gasteiger partial charge in [-0.3, -0.25) is 0 Å². The van der Waals surface area contributed by atoms with Gasteiger partial charge in [-0.15, -0.1) is 12.4 Å². The molecular formula is C14H22ClNO2S. The maximum atomic E-state index is 12.6. The lowest BCUT2D eigenvalue weighted by atomic mass is 10.1. The number of hydrogen-bond acceptors (Lipinski definition) is 3. The van der Waals surface area contributed by atoms with Crippen LogP contribution in [0.4, 0.5) is 0 Å². The van der Waals surface area contributed by atoms with Crippen molar-refractivity contribution in [3.63, 3.8) is 0 Å². The van der Waals surface area contributed by atoms with Crippen LogP contribution >= 0.6 is 12.4 Å². The summed E-state index contributed by atoms with van der Waals surface area (Å²) in [4.78, 5) is 0.513. The van der Waals surface area contributed by atoms with Crippen LogP contribution in [0.1, 0.15) is 29.5 Å². The number of nitrogens with one attached hydrogen (secondary N) is 1. The van der Waals surface area contributed by atoms with E-state index in [1.165, 1.54) is 0 Å². The highest BCUT2D eigenvalue weighted by molar-refractivity contribution is 7.92. The van der Waals surface area contributed by atoms with Gasteiger partial charge in [-0.1, -0.05) is 6.07 Å². The molecule has 1 unspecified atom stereocenters. The van der Waals surface area contributed by atoms with Crippen LogP contribution in [0.5, 0.6) is 0 Å². The summed E-state index contributed by atoms with van der Waals surface area (Å²) in [5.41, 5.74) is 3.13. The van der Waals surface area contributed by atoms with Crippen molar-refractivity contribution < 1.29 is 8.42 Å². The third kappa shape index (κ3) is 3.12. The number of rotatable bonds is 2. The fraction of sp³-hybridized carbons (Fsp3) is 0.571. The zero-order valence-electron chi connectivity index (χ0n) is 11.7. The monoisotopic (exact) mass is 303 g/mol. The maximum absolute atomic E-state index is 12.6. The van der Waals surface area contributed by atoms with Crippen molar-refractivity contribution >= 4 is 22.2 Å². The van der Waals surface area contributed by atoms with Gasteiger partial charge in [0.2, 0.25) is 0 Å². The first-order valence-electron chi connectivity index (χ1n) is 6.46. The lowest BCUT2D eigenvalue weighted by Crippen LogP contribution is -2.39. The van der Waals surface area contributed by atoms with Crippen molar-refractivity contribution in [2.45, 2.75) is 43.8 Å². The SMILES string of the molecule is Cc1ccc(S(=O)(=O)C2CCCNC2)c(C)c1C.Cl. The third-order valence-electron chi connectivity index (χ3n) is 4.01. The van der Waals surface area contributed by atoms with Crippen LogP contribution in [0.25, 0.3) is 0 Å². The van der Waals surface area contributed by atoms with Crippen molar-refractivity contribution in [1.29, 1.82) is 0 Å². The molecule has 2 rings (SSSR count). The molecule has 1 atom stereocenters. The number of aryl methyl sites for hydroxylation is 1. The minimum Gasteiger partial charge on any atom is -0.315 e. The molecule has 1 aliphatic rings. The highest BCUT2D eigenvalue weighted by Crippen LogP contribution is 2.27. The van der Waals surface area contributed by atoms with Gasteiger partial charge >= 0.3 is 0 Å². The molecule has 0 aromatic heterocycles. The first kappa shape index (κ1) is 16.5. The first-order valence-corrected chi connectivity index (χ1v) is 8.00. The standard InChI is InChI=1S/C14H21NO2S.ClH/c1-10-6-7-14(12(3)11(10)2)18(16,17)13-5-4-8-15-9-13;/h6-7,13,15H,4-5,8-9H2,1-3H3;1H. The van der Waals surface area contributed by atoms with E-state index in [1.54, 1.807) is 6.07 Å². The Bertz CT molecular complexity index is 549. The molecule has 5 heteroatoms. The predicted octanol–water partition coefficient (Wildman–Crippen LogP) is 2.56. The molecule has 3 nitrogen and oxygen atoms in total. The Labute approximate surface area is 122 Å². The fourth-order valence-electron chi connectivity index (χ4n) is 2.50. The van der Waals surface area contributed by atoms with Gasteiger partial charge in [-0.05, 0) is 62.9 Å². The molecule has 1 saturated heterocycles. The molecule has 0 bridgehead atoms.